The lowest BCUT2D eigenvalue weighted by Crippen LogP contribution is -2.43. The molecule has 0 fully saturated rings. The van der Waals surface area contributed by atoms with Gasteiger partial charge in [0.05, 0.1) is 27.6 Å². The summed E-state index contributed by atoms with van der Waals surface area (Å²) in [5.74, 6) is -1.42. The number of carbonyl (C=O) groups excluding carboxylic acids is 1. The maximum absolute atomic E-state index is 11.9. The summed E-state index contributed by atoms with van der Waals surface area (Å²) in [7, 11) is 5.82. The van der Waals surface area contributed by atoms with E-state index in [1.807, 2.05) is 21.1 Å². The molecule has 0 aromatic heterocycles. The first-order valence-corrected chi connectivity index (χ1v) is 9.79. The third-order valence-electron chi connectivity index (χ3n) is 3.82. The number of aliphatic carboxylic acids is 1. The van der Waals surface area contributed by atoms with Crippen molar-refractivity contribution in [2.75, 3.05) is 27.7 Å². The summed E-state index contributed by atoms with van der Waals surface area (Å²) in [6.45, 7) is 2.68. The molecule has 26 heavy (non-hydrogen) atoms. The number of hydrogen-bond donors (Lipinski definition) is 1. The lowest BCUT2D eigenvalue weighted by Gasteiger charge is -2.28. The zero-order valence-electron chi connectivity index (χ0n) is 17.1. The summed E-state index contributed by atoms with van der Waals surface area (Å²) in [6.07, 6.45) is 16.0. The third kappa shape index (κ3) is 17.2. The van der Waals surface area contributed by atoms with Gasteiger partial charge in [0.25, 0.3) is 0 Å². The maximum atomic E-state index is 11.9. The van der Waals surface area contributed by atoms with E-state index in [0.717, 1.165) is 25.7 Å². The molecule has 0 aliphatic heterocycles. The Kier molecular flexibility index (Phi) is 13.6. The highest BCUT2D eigenvalue weighted by Crippen LogP contribution is 2.07. The Hall–Kier alpha value is -1.62. The third-order valence-corrected chi connectivity index (χ3v) is 3.82. The fourth-order valence-electron chi connectivity index (χ4n) is 2.61. The first kappa shape index (κ1) is 24.4. The number of likely N-dealkylation sites (N-methyl/N-ethyl adjacent to an activating group) is 1. The highest BCUT2D eigenvalue weighted by atomic mass is 16.5. The number of esters is 1. The molecule has 0 radical (unpaired) electrons. The molecule has 5 nitrogen and oxygen atoms in total. The van der Waals surface area contributed by atoms with E-state index in [1.165, 1.54) is 31.8 Å². The molecule has 1 atom stereocenters. The number of quaternary nitrogens is 1. The lowest BCUT2D eigenvalue weighted by atomic mass is 10.1. The van der Waals surface area contributed by atoms with Crippen molar-refractivity contribution in [3.8, 4) is 0 Å². The number of hydrogen-bond acceptors (Lipinski definition) is 3. The molecule has 0 bridgehead atoms. The number of carboxylic acids is 1. The summed E-state index contributed by atoms with van der Waals surface area (Å²) < 4.78 is 5.83. The minimum Gasteiger partial charge on any atom is -0.481 e. The standard InChI is InChI=1S/C21H37NO4/c1-5-6-7-8-9-10-11-12-13-14-15-16-21(25)26-19(17-20(23)24)18-22(2,3)4/h10-11,15-16,19H,5-9,12-14,17-18H2,1-4H3/p+1/b11-10-,16-15+/t19-/m1/s1. The number of rotatable bonds is 15. The van der Waals surface area contributed by atoms with Crippen molar-refractivity contribution < 1.29 is 23.9 Å². The van der Waals surface area contributed by atoms with Crippen LogP contribution in [0.3, 0.4) is 0 Å². The lowest BCUT2D eigenvalue weighted by molar-refractivity contribution is -0.873. The number of allylic oxidation sites excluding steroid dienone is 3. The first-order chi connectivity index (χ1) is 12.2. The summed E-state index contributed by atoms with van der Waals surface area (Å²) >= 11 is 0. The molecule has 0 saturated heterocycles. The van der Waals surface area contributed by atoms with Crippen LogP contribution in [0.1, 0.15) is 64.7 Å². The van der Waals surface area contributed by atoms with Crippen LogP contribution in [-0.2, 0) is 14.3 Å². The van der Waals surface area contributed by atoms with Gasteiger partial charge < -0.3 is 14.3 Å². The Bertz CT molecular complexity index is 449. The van der Waals surface area contributed by atoms with E-state index in [0.29, 0.717) is 11.0 Å². The van der Waals surface area contributed by atoms with E-state index >= 15 is 0 Å². The molecular weight excluding hydrogens is 330 g/mol. The molecule has 0 heterocycles. The van der Waals surface area contributed by atoms with Gasteiger partial charge in [0.2, 0.25) is 0 Å². The Balaban J connectivity index is 3.98. The van der Waals surface area contributed by atoms with Gasteiger partial charge in [-0.3, -0.25) is 4.79 Å². The molecule has 0 aromatic rings. The van der Waals surface area contributed by atoms with Crippen molar-refractivity contribution in [3.63, 3.8) is 0 Å². The number of carbonyl (C=O) groups is 2. The van der Waals surface area contributed by atoms with E-state index in [-0.39, 0.29) is 6.42 Å². The van der Waals surface area contributed by atoms with E-state index in [1.54, 1.807) is 6.08 Å². The van der Waals surface area contributed by atoms with Gasteiger partial charge >= 0.3 is 11.9 Å². The smallest absolute Gasteiger partial charge is 0.330 e. The van der Waals surface area contributed by atoms with Crippen LogP contribution in [0.5, 0.6) is 0 Å². The van der Waals surface area contributed by atoms with Crippen LogP contribution >= 0.6 is 0 Å². The van der Waals surface area contributed by atoms with Gasteiger partial charge in [0, 0.05) is 6.08 Å². The summed E-state index contributed by atoms with van der Waals surface area (Å²) in [5.41, 5.74) is 0. The Morgan fingerprint density at radius 1 is 0.962 bits per heavy atom. The van der Waals surface area contributed by atoms with Crippen LogP contribution in [0.25, 0.3) is 0 Å². The van der Waals surface area contributed by atoms with Gasteiger partial charge in [0.15, 0.2) is 6.10 Å². The SMILES string of the molecule is CCCCCC/C=C\CCC/C=C/C(=O)O[C@H](CC(=O)O)C[N+](C)(C)C. The van der Waals surface area contributed by atoms with Crippen LogP contribution in [0.2, 0.25) is 0 Å². The van der Waals surface area contributed by atoms with Crippen molar-refractivity contribution in [3.05, 3.63) is 24.3 Å². The van der Waals surface area contributed by atoms with E-state index < -0.39 is 18.0 Å². The average molecular weight is 369 g/mol. The predicted molar refractivity (Wildman–Crippen MR) is 106 cm³/mol. The quantitative estimate of drug-likeness (QED) is 0.154. The zero-order chi connectivity index (χ0) is 19.8. The number of nitrogens with zero attached hydrogens (tertiary/aromatic N) is 1. The van der Waals surface area contributed by atoms with Crippen LogP contribution in [0.15, 0.2) is 24.3 Å². The molecule has 0 aliphatic rings. The zero-order valence-corrected chi connectivity index (χ0v) is 17.1. The average Bonchev–Trinajstić information content (AvgIpc) is 2.50. The molecule has 0 spiro atoms. The summed E-state index contributed by atoms with van der Waals surface area (Å²) in [6, 6.07) is 0. The number of ether oxygens (including phenoxy) is 1. The second-order valence-electron chi connectivity index (χ2n) is 7.78. The van der Waals surface area contributed by atoms with E-state index in [2.05, 4.69) is 19.1 Å². The second kappa shape index (κ2) is 14.5. The van der Waals surface area contributed by atoms with Gasteiger partial charge in [-0.05, 0) is 32.1 Å². The van der Waals surface area contributed by atoms with Crippen LogP contribution < -0.4 is 0 Å². The monoisotopic (exact) mass is 368 g/mol. The van der Waals surface area contributed by atoms with E-state index in [9.17, 15) is 9.59 Å². The van der Waals surface area contributed by atoms with Crippen molar-refractivity contribution in [2.24, 2.45) is 0 Å². The summed E-state index contributed by atoms with van der Waals surface area (Å²) in [4.78, 5) is 22.8. The number of unbranched alkanes of at least 4 members (excludes halogenated alkanes) is 6. The Morgan fingerprint density at radius 2 is 1.58 bits per heavy atom. The molecule has 0 amide bonds. The van der Waals surface area contributed by atoms with Crippen molar-refractivity contribution >= 4 is 11.9 Å². The van der Waals surface area contributed by atoms with Crippen LogP contribution in [0, 0.1) is 0 Å². The molecule has 1 N–H and O–H groups in total. The molecule has 0 aliphatic carbocycles. The Morgan fingerprint density at radius 3 is 2.15 bits per heavy atom. The summed E-state index contributed by atoms with van der Waals surface area (Å²) in [5, 5.41) is 8.95. The highest BCUT2D eigenvalue weighted by Gasteiger charge is 2.23. The molecule has 0 aromatic carbocycles. The normalized spacial score (nSPS) is 13.4. The molecule has 0 rings (SSSR count). The van der Waals surface area contributed by atoms with Crippen molar-refractivity contribution in [1.29, 1.82) is 0 Å². The minimum absolute atomic E-state index is 0.169. The fourth-order valence-corrected chi connectivity index (χ4v) is 2.61. The van der Waals surface area contributed by atoms with Gasteiger partial charge in [-0.25, -0.2) is 4.79 Å². The van der Waals surface area contributed by atoms with Gasteiger partial charge in [-0.2, -0.15) is 0 Å². The first-order valence-electron chi connectivity index (χ1n) is 9.79. The topological polar surface area (TPSA) is 63.6 Å². The predicted octanol–water partition coefficient (Wildman–Crippen LogP) is 4.33. The minimum atomic E-state index is -0.957. The van der Waals surface area contributed by atoms with Crippen LogP contribution in [0.4, 0.5) is 0 Å². The van der Waals surface area contributed by atoms with Crippen molar-refractivity contribution in [1.82, 2.24) is 0 Å². The van der Waals surface area contributed by atoms with Gasteiger partial charge in [-0.1, -0.05) is 44.4 Å². The largest absolute Gasteiger partial charge is 0.481 e. The molecule has 0 saturated carbocycles. The van der Waals surface area contributed by atoms with Crippen LogP contribution in [-0.4, -0.2) is 55.3 Å². The van der Waals surface area contributed by atoms with E-state index in [4.69, 9.17) is 9.84 Å². The van der Waals surface area contributed by atoms with Crippen molar-refractivity contribution in [2.45, 2.75) is 70.8 Å². The molecule has 0 unspecified atom stereocenters. The number of carboxylic acid groups (broad SMARTS) is 1. The molecular formula is C21H38NO4+. The van der Waals surface area contributed by atoms with Gasteiger partial charge in [-0.15, -0.1) is 0 Å². The second-order valence-corrected chi connectivity index (χ2v) is 7.78. The fraction of sp³-hybridized carbons (Fsp3) is 0.714. The maximum Gasteiger partial charge on any atom is 0.330 e. The highest BCUT2D eigenvalue weighted by molar-refractivity contribution is 5.82. The van der Waals surface area contributed by atoms with Gasteiger partial charge in [0.1, 0.15) is 6.54 Å². The molecule has 5 heteroatoms. The molecule has 150 valence electrons. The Labute approximate surface area is 159 Å².